The number of carbonyl (C=O) groups is 1. The summed E-state index contributed by atoms with van der Waals surface area (Å²) in [6.07, 6.45) is -1.29. The number of anilines is 1. The molecule has 11 heavy (non-hydrogen) atoms. The Balaban J connectivity index is 2.74. The van der Waals surface area contributed by atoms with Crippen LogP contribution < -0.4 is 5.32 Å². The third-order valence-electron chi connectivity index (χ3n) is 1.09. The molecule has 1 N–H and O–H groups in total. The molecule has 3 nitrogen and oxygen atoms in total. The molecule has 0 aromatic heterocycles. The molecule has 57 valence electrons. The third-order valence-corrected chi connectivity index (χ3v) is 1.81. The summed E-state index contributed by atoms with van der Waals surface area (Å²) < 4.78 is 1.06. The zero-order chi connectivity index (χ0) is 8.27. The molecule has 0 bridgehead atoms. The van der Waals surface area contributed by atoms with E-state index in [4.69, 9.17) is 0 Å². The Labute approximate surface area is 77.6 Å². The highest BCUT2D eigenvalue weighted by Gasteiger charge is 1.97. The van der Waals surface area contributed by atoms with Crippen molar-refractivity contribution in [2.45, 2.75) is 0 Å². The van der Waals surface area contributed by atoms with E-state index in [2.05, 4.69) is 27.9 Å². The molecule has 1 aromatic carbocycles. The lowest BCUT2D eigenvalue weighted by molar-refractivity contribution is 0.185. The standard InChI is InChI=1S/C7H5INO2/c8-5-1-3-6(4-2-5)9-7(10)11/h1-4,9H. The Morgan fingerprint density at radius 2 is 1.82 bits per heavy atom. The van der Waals surface area contributed by atoms with Crippen molar-refractivity contribution in [2.24, 2.45) is 0 Å². The summed E-state index contributed by atoms with van der Waals surface area (Å²) in [6.45, 7) is 0. The maximum Gasteiger partial charge on any atom is 0.454 e. The SMILES string of the molecule is [O]C(=O)Nc1ccc(I)cc1. The molecule has 0 spiro atoms. The topological polar surface area (TPSA) is 49.0 Å². The molecular formula is C7H5INO2. The van der Waals surface area contributed by atoms with Gasteiger partial charge in [0.1, 0.15) is 0 Å². The van der Waals surface area contributed by atoms with Crippen LogP contribution in [0.2, 0.25) is 0 Å². The van der Waals surface area contributed by atoms with Gasteiger partial charge in [-0.05, 0) is 46.9 Å². The second-order valence-electron chi connectivity index (χ2n) is 1.92. The van der Waals surface area contributed by atoms with Crippen molar-refractivity contribution < 1.29 is 9.90 Å². The lowest BCUT2D eigenvalue weighted by Crippen LogP contribution is -2.04. The van der Waals surface area contributed by atoms with Gasteiger partial charge in [-0.3, -0.25) is 5.32 Å². The van der Waals surface area contributed by atoms with E-state index in [0.29, 0.717) is 5.69 Å². The summed E-state index contributed by atoms with van der Waals surface area (Å²) >= 11 is 2.14. The number of hydrogen-bond acceptors (Lipinski definition) is 1. The van der Waals surface area contributed by atoms with E-state index in [9.17, 15) is 9.90 Å². The Bertz CT molecular complexity index is 258. The summed E-state index contributed by atoms with van der Waals surface area (Å²) in [6, 6.07) is 6.98. The van der Waals surface area contributed by atoms with Crippen LogP contribution in [-0.2, 0) is 5.11 Å². The second-order valence-corrected chi connectivity index (χ2v) is 3.16. The van der Waals surface area contributed by atoms with Gasteiger partial charge >= 0.3 is 6.09 Å². The van der Waals surface area contributed by atoms with Gasteiger partial charge in [-0.2, -0.15) is 0 Å². The van der Waals surface area contributed by atoms with Gasteiger partial charge in [-0.15, -0.1) is 0 Å². The molecule has 0 aliphatic rings. The molecule has 1 amide bonds. The monoisotopic (exact) mass is 262 g/mol. The first-order chi connectivity index (χ1) is 5.18. The van der Waals surface area contributed by atoms with Crippen LogP contribution in [-0.4, -0.2) is 6.09 Å². The molecule has 0 atom stereocenters. The summed E-state index contributed by atoms with van der Waals surface area (Å²) in [5.74, 6) is 0. The molecule has 1 aromatic rings. The number of halogens is 1. The zero-order valence-electron chi connectivity index (χ0n) is 5.50. The van der Waals surface area contributed by atoms with E-state index in [1.165, 1.54) is 0 Å². The Morgan fingerprint density at radius 1 is 1.27 bits per heavy atom. The van der Waals surface area contributed by atoms with Crippen LogP contribution in [0.25, 0.3) is 0 Å². The van der Waals surface area contributed by atoms with Crippen LogP contribution in [0.3, 0.4) is 0 Å². The average Bonchev–Trinajstić information content (AvgIpc) is 1.93. The smallest absolute Gasteiger partial charge is 0.288 e. The lowest BCUT2D eigenvalue weighted by atomic mass is 10.3. The van der Waals surface area contributed by atoms with Gasteiger partial charge in [0.15, 0.2) is 0 Å². The fourth-order valence-corrected chi connectivity index (χ4v) is 1.01. The fraction of sp³-hybridized carbons (Fsp3) is 0. The Hall–Kier alpha value is -0.780. The molecule has 0 aliphatic carbocycles. The first-order valence-electron chi connectivity index (χ1n) is 2.92. The summed E-state index contributed by atoms with van der Waals surface area (Å²) in [5.41, 5.74) is 0.533. The largest absolute Gasteiger partial charge is 0.454 e. The van der Waals surface area contributed by atoms with Gasteiger partial charge in [0.25, 0.3) is 0 Å². The maximum absolute atomic E-state index is 10.0. The quantitative estimate of drug-likeness (QED) is 0.775. The summed E-state index contributed by atoms with van der Waals surface area (Å²) in [4.78, 5) is 10.0. The van der Waals surface area contributed by atoms with Crippen LogP contribution in [0.5, 0.6) is 0 Å². The van der Waals surface area contributed by atoms with E-state index in [-0.39, 0.29) is 0 Å². The van der Waals surface area contributed by atoms with E-state index in [0.717, 1.165) is 3.57 Å². The third kappa shape index (κ3) is 2.75. The van der Waals surface area contributed by atoms with E-state index in [1.807, 2.05) is 12.1 Å². The molecule has 1 radical (unpaired) electrons. The first kappa shape index (κ1) is 8.32. The van der Waals surface area contributed by atoms with Crippen molar-refractivity contribution in [3.05, 3.63) is 27.8 Å². The van der Waals surface area contributed by atoms with E-state index in [1.54, 1.807) is 12.1 Å². The predicted molar refractivity (Wildman–Crippen MR) is 48.9 cm³/mol. The van der Waals surface area contributed by atoms with Crippen LogP contribution in [0.1, 0.15) is 0 Å². The average molecular weight is 262 g/mol. The van der Waals surface area contributed by atoms with Gasteiger partial charge in [-0.25, -0.2) is 9.90 Å². The van der Waals surface area contributed by atoms with Crippen LogP contribution >= 0.6 is 22.6 Å². The number of hydrogen-bond donors (Lipinski definition) is 1. The number of benzene rings is 1. The molecule has 0 saturated heterocycles. The molecule has 0 fully saturated rings. The maximum atomic E-state index is 10.0. The highest BCUT2D eigenvalue weighted by Crippen LogP contribution is 2.10. The van der Waals surface area contributed by atoms with E-state index < -0.39 is 6.09 Å². The number of carbonyl (C=O) groups excluding carboxylic acids is 1. The number of amides is 1. The van der Waals surface area contributed by atoms with Crippen molar-refractivity contribution in [3.63, 3.8) is 0 Å². The van der Waals surface area contributed by atoms with Crippen LogP contribution in [0.15, 0.2) is 24.3 Å². The molecule has 0 unspecified atom stereocenters. The molecule has 0 saturated carbocycles. The minimum atomic E-state index is -1.29. The lowest BCUT2D eigenvalue weighted by Gasteiger charge is -1.97. The number of nitrogens with one attached hydrogen (secondary N) is 1. The van der Waals surface area contributed by atoms with Crippen LogP contribution in [0.4, 0.5) is 10.5 Å². The molecular weight excluding hydrogens is 257 g/mol. The summed E-state index contributed by atoms with van der Waals surface area (Å²) in [5, 5.41) is 12.2. The summed E-state index contributed by atoms with van der Waals surface area (Å²) in [7, 11) is 0. The fourth-order valence-electron chi connectivity index (χ4n) is 0.651. The second kappa shape index (κ2) is 3.56. The van der Waals surface area contributed by atoms with Crippen LogP contribution in [0, 0.1) is 3.57 Å². The van der Waals surface area contributed by atoms with Crippen molar-refractivity contribution in [1.29, 1.82) is 0 Å². The van der Waals surface area contributed by atoms with Crippen molar-refractivity contribution in [1.82, 2.24) is 0 Å². The van der Waals surface area contributed by atoms with Gasteiger partial charge < -0.3 is 0 Å². The Morgan fingerprint density at radius 3 is 2.27 bits per heavy atom. The normalized spacial score (nSPS) is 9.18. The highest BCUT2D eigenvalue weighted by molar-refractivity contribution is 14.1. The van der Waals surface area contributed by atoms with Gasteiger partial charge in [0.2, 0.25) is 0 Å². The molecule has 0 aliphatic heterocycles. The van der Waals surface area contributed by atoms with Crippen molar-refractivity contribution in [3.8, 4) is 0 Å². The minimum absolute atomic E-state index is 0.533. The van der Waals surface area contributed by atoms with E-state index >= 15 is 0 Å². The number of rotatable bonds is 1. The van der Waals surface area contributed by atoms with Gasteiger partial charge in [0, 0.05) is 9.26 Å². The zero-order valence-corrected chi connectivity index (χ0v) is 7.66. The Kier molecular flexibility index (Phi) is 2.70. The predicted octanol–water partition coefficient (Wildman–Crippen LogP) is 2.25. The first-order valence-corrected chi connectivity index (χ1v) is 4.00. The van der Waals surface area contributed by atoms with Gasteiger partial charge in [0.05, 0.1) is 0 Å². The van der Waals surface area contributed by atoms with Crippen molar-refractivity contribution >= 4 is 34.4 Å². The molecule has 1 rings (SSSR count). The van der Waals surface area contributed by atoms with Gasteiger partial charge in [-0.1, -0.05) is 0 Å². The molecule has 0 heterocycles. The van der Waals surface area contributed by atoms with Crippen molar-refractivity contribution in [2.75, 3.05) is 5.32 Å². The minimum Gasteiger partial charge on any atom is -0.288 e. The highest BCUT2D eigenvalue weighted by atomic mass is 127. The molecule has 4 heteroatoms.